The number of hydrogen-bond acceptors (Lipinski definition) is 3. The van der Waals surface area contributed by atoms with Gasteiger partial charge in [-0.2, -0.15) is 0 Å². The maximum Gasteiger partial charge on any atom is 0.278 e. The molecule has 1 aliphatic rings. The van der Waals surface area contributed by atoms with Crippen LogP contribution in [0, 0.1) is 0 Å². The van der Waals surface area contributed by atoms with Gasteiger partial charge in [-0.25, -0.2) is 0 Å². The zero-order chi connectivity index (χ0) is 14.4. The largest absolute Gasteiger partial charge is 0.492 e. The second-order valence-electron chi connectivity index (χ2n) is 4.60. The first-order chi connectivity index (χ1) is 9.70. The Morgan fingerprint density at radius 1 is 1.50 bits per heavy atom. The number of para-hydroxylation sites is 2. The van der Waals surface area contributed by atoms with E-state index in [0.29, 0.717) is 24.6 Å². The van der Waals surface area contributed by atoms with Crippen molar-refractivity contribution in [2.75, 3.05) is 25.0 Å². The molecule has 0 saturated carbocycles. The van der Waals surface area contributed by atoms with Gasteiger partial charge in [0.15, 0.2) is 6.04 Å². The maximum absolute atomic E-state index is 12.0. The number of hydrogen-bond donors (Lipinski definition) is 3. The van der Waals surface area contributed by atoms with Crippen molar-refractivity contribution in [1.82, 2.24) is 5.32 Å². The van der Waals surface area contributed by atoms with Gasteiger partial charge in [-0.15, -0.1) is 0 Å². The molecule has 1 fully saturated rings. The summed E-state index contributed by atoms with van der Waals surface area (Å²) < 4.78 is 5.45. The third kappa shape index (κ3) is 3.71. The lowest BCUT2D eigenvalue weighted by atomic mass is 10.1. The number of nitrogens with two attached hydrogens (primary N) is 1. The van der Waals surface area contributed by atoms with Gasteiger partial charge in [-0.1, -0.05) is 12.1 Å². The highest BCUT2D eigenvalue weighted by Crippen LogP contribution is 2.23. The number of anilines is 1. The summed E-state index contributed by atoms with van der Waals surface area (Å²) in [6.07, 6.45) is 0.159. The number of benzene rings is 1. The molecular weight excluding hydrogens is 258 g/mol. The van der Waals surface area contributed by atoms with Crippen LogP contribution < -0.4 is 20.7 Å². The van der Waals surface area contributed by atoms with Crippen molar-refractivity contribution < 1.29 is 19.6 Å². The highest BCUT2D eigenvalue weighted by molar-refractivity contribution is 5.95. The molecule has 0 unspecified atom stereocenters. The van der Waals surface area contributed by atoms with Crippen LogP contribution in [0.2, 0.25) is 0 Å². The zero-order valence-electron chi connectivity index (χ0n) is 11.5. The van der Waals surface area contributed by atoms with Crippen LogP contribution in [0.1, 0.15) is 13.3 Å². The molecule has 1 atom stereocenters. The Balaban J connectivity index is 1.95. The van der Waals surface area contributed by atoms with Crippen molar-refractivity contribution in [3.8, 4) is 5.75 Å². The molecule has 2 amide bonds. The first-order valence-corrected chi connectivity index (χ1v) is 6.83. The van der Waals surface area contributed by atoms with E-state index in [2.05, 4.69) is 10.6 Å². The fourth-order valence-corrected chi connectivity index (χ4v) is 2.15. The highest BCUT2D eigenvalue weighted by Gasteiger charge is 2.28. The summed E-state index contributed by atoms with van der Waals surface area (Å²) in [4.78, 5) is 23.6. The van der Waals surface area contributed by atoms with E-state index in [9.17, 15) is 9.59 Å². The van der Waals surface area contributed by atoms with E-state index in [1.807, 2.05) is 24.4 Å². The monoisotopic (exact) mass is 278 g/mol. The van der Waals surface area contributed by atoms with Crippen LogP contribution in [0.3, 0.4) is 0 Å². The SMILES string of the molecule is CCOc1ccccc1NC(=O)C[C@@H]1[NH2+]CCNC1=O. The number of carbonyl (C=O) groups is 2. The molecule has 0 radical (unpaired) electrons. The minimum absolute atomic E-state index is 0.0792. The average Bonchev–Trinajstić information content (AvgIpc) is 2.44. The minimum atomic E-state index is -0.344. The third-order valence-electron chi connectivity index (χ3n) is 3.10. The standard InChI is InChI=1S/C14H19N3O3/c1-2-20-12-6-4-3-5-10(12)17-13(18)9-11-14(19)16-8-7-15-11/h3-6,11,15H,2,7-9H2,1H3,(H,16,19)(H,17,18)/p+1/t11-/m0/s1. The van der Waals surface area contributed by atoms with Crippen molar-refractivity contribution in [2.24, 2.45) is 0 Å². The van der Waals surface area contributed by atoms with Crippen LogP contribution in [0.25, 0.3) is 0 Å². The van der Waals surface area contributed by atoms with E-state index in [0.717, 1.165) is 6.54 Å². The van der Waals surface area contributed by atoms with E-state index in [4.69, 9.17) is 4.74 Å². The Kier molecular flexibility index (Phi) is 4.95. The van der Waals surface area contributed by atoms with Gasteiger partial charge >= 0.3 is 0 Å². The molecule has 4 N–H and O–H groups in total. The lowest BCUT2D eigenvalue weighted by Crippen LogP contribution is -2.96. The molecule has 0 aromatic heterocycles. The Bertz CT molecular complexity index is 490. The molecular formula is C14H20N3O3+. The Morgan fingerprint density at radius 2 is 2.30 bits per heavy atom. The molecule has 0 spiro atoms. The first-order valence-electron chi connectivity index (χ1n) is 6.83. The fourth-order valence-electron chi connectivity index (χ4n) is 2.15. The number of piperazine rings is 1. The molecule has 6 nitrogen and oxygen atoms in total. The Labute approximate surface area is 117 Å². The van der Waals surface area contributed by atoms with Crippen LogP contribution in [0.4, 0.5) is 5.69 Å². The molecule has 1 saturated heterocycles. The molecule has 1 heterocycles. The lowest BCUT2D eigenvalue weighted by Gasteiger charge is -2.20. The summed E-state index contributed by atoms with van der Waals surface area (Å²) in [5.74, 6) is 0.375. The normalized spacial score (nSPS) is 18.2. The smallest absolute Gasteiger partial charge is 0.278 e. The van der Waals surface area contributed by atoms with Gasteiger partial charge in [0.1, 0.15) is 5.75 Å². The number of ether oxygens (including phenoxy) is 1. The summed E-state index contributed by atoms with van der Waals surface area (Å²) in [7, 11) is 0. The molecule has 108 valence electrons. The summed E-state index contributed by atoms with van der Waals surface area (Å²) in [6.45, 7) is 3.88. The van der Waals surface area contributed by atoms with Crippen molar-refractivity contribution in [3.05, 3.63) is 24.3 Å². The van der Waals surface area contributed by atoms with E-state index < -0.39 is 0 Å². The maximum atomic E-state index is 12.0. The zero-order valence-corrected chi connectivity index (χ0v) is 11.5. The van der Waals surface area contributed by atoms with Gasteiger partial charge < -0.3 is 20.7 Å². The van der Waals surface area contributed by atoms with E-state index >= 15 is 0 Å². The lowest BCUT2D eigenvalue weighted by molar-refractivity contribution is -0.678. The van der Waals surface area contributed by atoms with Gasteiger partial charge in [0, 0.05) is 0 Å². The van der Waals surface area contributed by atoms with Crippen LogP contribution >= 0.6 is 0 Å². The van der Waals surface area contributed by atoms with Gasteiger partial charge in [-0.05, 0) is 19.1 Å². The highest BCUT2D eigenvalue weighted by atomic mass is 16.5. The second kappa shape index (κ2) is 6.91. The number of quaternary nitrogens is 1. The summed E-state index contributed by atoms with van der Waals surface area (Å²) in [5.41, 5.74) is 0.635. The predicted molar refractivity (Wildman–Crippen MR) is 74.4 cm³/mol. The molecule has 0 aliphatic carbocycles. The molecule has 20 heavy (non-hydrogen) atoms. The molecule has 1 aromatic carbocycles. The second-order valence-corrected chi connectivity index (χ2v) is 4.60. The van der Waals surface area contributed by atoms with E-state index in [-0.39, 0.29) is 24.3 Å². The van der Waals surface area contributed by atoms with Crippen LogP contribution in [-0.2, 0) is 9.59 Å². The quantitative estimate of drug-likeness (QED) is 0.677. The summed E-state index contributed by atoms with van der Waals surface area (Å²) in [5, 5.41) is 7.45. The van der Waals surface area contributed by atoms with E-state index in [1.165, 1.54) is 0 Å². The molecule has 6 heteroatoms. The predicted octanol–water partition coefficient (Wildman–Crippen LogP) is -0.524. The molecule has 1 aliphatic heterocycles. The summed E-state index contributed by atoms with van der Waals surface area (Å²) in [6, 6.07) is 6.93. The summed E-state index contributed by atoms with van der Waals surface area (Å²) >= 11 is 0. The number of carbonyl (C=O) groups excluding carboxylic acids is 2. The van der Waals surface area contributed by atoms with Crippen LogP contribution in [-0.4, -0.2) is 37.6 Å². The van der Waals surface area contributed by atoms with Gasteiger partial charge in [-0.3, -0.25) is 9.59 Å². The number of amides is 2. The van der Waals surface area contributed by atoms with Gasteiger partial charge in [0.2, 0.25) is 5.91 Å². The number of rotatable bonds is 5. The topological polar surface area (TPSA) is 84.0 Å². The Morgan fingerprint density at radius 3 is 3.05 bits per heavy atom. The number of nitrogens with one attached hydrogen (secondary N) is 2. The van der Waals surface area contributed by atoms with Gasteiger partial charge in [0.25, 0.3) is 5.91 Å². The van der Waals surface area contributed by atoms with E-state index in [1.54, 1.807) is 12.1 Å². The first kappa shape index (κ1) is 14.3. The van der Waals surface area contributed by atoms with Crippen molar-refractivity contribution >= 4 is 17.5 Å². The Hall–Kier alpha value is -2.08. The minimum Gasteiger partial charge on any atom is -0.492 e. The van der Waals surface area contributed by atoms with Gasteiger partial charge in [0.05, 0.1) is 31.8 Å². The fraction of sp³-hybridized carbons (Fsp3) is 0.429. The van der Waals surface area contributed by atoms with Crippen molar-refractivity contribution in [3.63, 3.8) is 0 Å². The molecule has 1 aromatic rings. The van der Waals surface area contributed by atoms with Crippen molar-refractivity contribution in [2.45, 2.75) is 19.4 Å². The average molecular weight is 278 g/mol. The molecule has 2 rings (SSSR count). The third-order valence-corrected chi connectivity index (χ3v) is 3.10. The van der Waals surface area contributed by atoms with Crippen LogP contribution in [0.5, 0.6) is 5.75 Å². The molecule has 0 bridgehead atoms. The van der Waals surface area contributed by atoms with Crippen molar-refractivity contribution in [1.29, 1.82) is 0 Å². The van der Waals surface area contributed by atoms with Crippen LogP contribution in [0.15, 0.2) is 24.3 Å².